The number of nitrogens with two attached hydrogens (primary N) is 1. The van der Waals surface area contributed by atoms with Crippen molar-refractivity contribution in [3.63, 3.8) is 0 Å². The van der Waals surface area contributed by atoms with Crippen molar-refractivity contribution in [1.82, 2.24) is 5.43 Å². The molecule has 0 aliphatic carbocycles. The Morgan fingerprint density at radius 3 is 2.38 bits per heavy atom. The summed E-state index contributed by atoms with van der Waals surface area (Å²) in [6.07, 6.45) is 1.28. The van der Waals surface area contributed by atoms with E-state index in [0.717, 1.165) is 0 Å². The highest BCUT2D eigenvalue weighted by atomic mass is 32.2. The summed E-state index contributed by atoms with van der Waals surface area (Å²) in [6, 6.07) is 4.44. The Bertz CT molecular complexity index is 507. The zero-order chi connectivity index (χ0) is 12.2. The Morgan fingerprint density at radius 1 is 1.38 bits per heavy atom. The van der Waals surface area contributed by atoms with Crippen LogP contribution in [0.5, 0.6) is 0 Å². The highest BCUT2D eigenvalue weighted by Crippen LogP contribution is 2.08. The van der Waals surface area contributed by atoms with Crippen molar-refractivity contribution in [3.8, 4) is 0 Å². The molecule has 0 bridgehead atoms. The van der Waals surface area contributed by atoms with E-state index in [4.69, 9.17) is 10.3 Å². The fourth-order valence-corrected chi connectivity index (χ4v) is 1.38. The van der Waals surface area contributed by atoms with Crippen molar-refractivity contribution in [2.75, 3.05) is 0 Å². The maximum absolute atomic E-state index is 10.7. The van der Waals surface area contributed by atoms with Gasteiger partial charge in [0.05, 0.1) is 11.1 Å². The predicted octanol–water partition coefficient (Wildman–Crippen LogP) is -0.0645. The summed E-state index contributed by atoms with van der Waals surface area (Å²) in [7, 11) is -4.19. The monoisotopic (exact) mass is 243 g/mol. The Morgan fingerprint density at radius 2 is 1.94 bits per heavy atom. The molecule has 0 atom stereocenters. The number of urea groups is 1. The van der Waals surface area contributed by atoms with Gasteiger partial charge in [-0.25, -0.2) is 10.2 Å². The summed E-state index contributed by atoms with van der Waals surface area (Å²) < 4.78 is 30.1. The van der Waals surface area contributed by atoms with Crippen LogP contribution in [0.2, 0.25) is 0 Å². The Balaban J connectivity index is 2.80. The lowest BCUT2D eigenvalue weighted by Gasteiger charge is -1.97. The lowest BCUT2D eigenvalue weighted by Crippen LogP contribution is -2.24. The van der Waals surface area contributed by atoms with Crippen molar-refractivity contribution < 1.29 is 17.8 Å². The summed E-state index contributed by atoms with van der Waals surface area (Å²) in [5, 5.41) is 3.47. The van der Waals surface area contributed by atoms with Gasteiger partial charge in [0, 0.05) is 0 Å². The molecule has 86 valence electrons. The molecule has 0 saturated carbocycles. The molecule has 7 nitrogen and oxygen atoms in total. The van der Waals surface area contributed by atoms with E-state index >= 15 is 0 Å². The fraction of sp³-hybridized carbons (Fsp3) is 0. The molecule has 4 N–H and O–H groups in total. The molecule has 1 rings (SSSR count). The molecule has 0 aliphatic rings. The van der Waals surface area contributed by atoms with E-state index in [9.17, 15) is 13.2 Å². The van der Waals surface area contributed by atoms with Crippen LogP contribution in [-0.4, -0.2) is 25.2 Å². The molecule has 8 heteroatoms. The number of hydrogen-bond acceptors (Lipinski definition) is 4. The van der Waals surface area contributed by atoms with Crippen LogP contribution in [-0.2, 0) is 10.1 Å². The topological polar surface area (TPSA) is 122 Å². The molecule has 0 heterocycles. The first-order valence-corrected chi connectivity index (χ1v) is 5.49. The number of nitrogens with one attached hydrogen (secondary N) is 1. The van der Waals surface area contributed by atoms with Gasteiger partial charge in [0.25, 0.3) is 10.1 Å². The zero-order valence-electron chi connectivity index (χ0n) is 7.99. The maximum Gasteiger partial charge on any atom is 0.332 e. The van der Waals surface area contributed by atoms with Gasteiger partial charge in [-0.3, -0.25) is 4.55 Å². The second-order valence-corrected chi connectivity index (χ2v) is 4.20. The molecular weight excluding hydrogens is 234 g/mol. The molecule has 16 heavy (non-hydrogen) atoms. The minimum atomic E-state index is -4.19. The molecule has 0 saturated heterocycles. The standard InChI is InChI=1S/C8H9N3O4S/c9-8(12)11-10-5-6-1-3-7(4-2-6)16(13,14)15/h1-5H,(H3,9,11,12)(H,13,14,15). The molecular formula is C8H9N3O4S. The normalized spacial score (nSPS) is 11.6. The first-order valence-electron chi connectivity index (χ1n) is 4.05. The van der Waals surface area contributed by atoms with E-state index in [1.807, 2.05) is 5.43 Å². The number of nitrogens with zero attached hydrogens (tertiary/aromatic N) is 1. The number of benzene rings is 1. The molecule has 0 aromatic heterocycles. The molecule has 1 aromatic carbocycles. The second kappa shape index (κ2) is 4.73. The Labute approximate surface area is 91.7 Å². The third kappa shape index (κ3) is 3.67. The van der Waals surface area contributed by atoms with Crippen LogP contribution in [0.3, 0.4) is 0 Å². The number of rotatable bonds is 3. The number of hydrazone groups is 1. The third-order valence-corrected chi connectivity index (χ3v) is 2.43. The third-order valence-electron chi connectivity index (χ3n) is 1.57. The van der Waals surface area contributed by atoms with Gasteiger partial charge in [0.1, 0.15) is 0 Å². The summed E-state index contributed by atoms with van der Waals surface area (Å²) in [5.41, 5.74) is 7.28. The lowest BCUT2D eigenvalue weighted by atomic mass is 10.2. The van der Waals surface area contributed by atoms with Crippen LogP contribution in [0, 0.1) is 0 Å². The number of carbonyl (C=O) groups excluding carboxylic acids is 1. The van der Waals surface area contributed by atoms with E-state index in [0.29, 0.717) is 5.56 Å². The Kier molecular flexibility index (Phi) is 3.59. The van der Waals surface area contributed by atoms with E-state index in [-0.39, 0.29) is 4.90 Å². The molecule has 0 fully saturated rings. The van der Waals surface area contributed by atoms with Crippen molar-refractivity contribution in [2.24, 2.45) is 10.8 Å². The van der Waals surface area contributed by atoms with Crippen molar-refractivity contribution in [3.05, 3.63) is 29.8 Å². The van der Waals surface area contributed by atoms with Crippen LogP contribution >= 0.6 is 0 Å². The lowest BCUT2D eigenvalue weighted by molar-refractivity contribution is 0.249. The average molecular weight is 243 g/mol. The highest BCUT2D eigenvalue weighted by molar-refractivity contribution is 7.85. The van der Waals surface area contributed by atoms with Gasteiger partial charge in [-0.05, 0) is 17.7 Å². The van der Waals surface area contributed by atoms with Gasteiger partial charge >= 0.3 is 6.03 Å². The van der Waals surface area contributed by atoms with E-state index in [1.54, 1.807) is 0 Å². The predicted molar refractivity (Wildman–Crippen MR) is 56.6 cm³/mol. The number of amides is 2. The Hall–Kier alpha value is -1.93. The van der Waals surface area contributed by atoms with E-state index < -0.39 is 16.1 Å². The van der Waals surface area contributed by atoms with Crippen LogP contribution in [0.4, 0.5) is 4.79 Å². The summed E-state index contributed by atoms with van der Waals surface area (Å²) in [5.74, 6) is 0. The minimum Gasteiger partial charge on any atom is -0.350 e. The molecule has 0 aliphatic heterocycles. The maximum atomic E-state index is 10.7. The van der Waals surface area contributed by atoms with Gasteiger partial charge in [-0.1, -0.05) is 12.1 Å². The SMILES string of the molecule is NC(=O)NN=Cc1ccc(S(=O)(=O)O)cc1. The van der Waals surface area contributed by atoms with E-state index in [1.165, 1.54) is 30.5 Å². The van der Waals surface area contributed by atoms with Gasteiger partial charge in [0.2, 0.25) is 0 Å². The first-order chi connectivity index (χ1) is 7.39. The summed E-state index contributed by atoms with van der Waals surface area (Å²) >= 11 is 0. The highest BCUT2D eigenvalue weighted by Gasteiger charge is 2.07. The summed E-state index contributed by atoms with van der Waals surface area (Å²) in [4.78, 5) is 10.0. The smallest absolute Gasteiger partial charge is 0.332 e. The minimum absolute atomic E-state index is 0.215. The summed E-state index contributed by atoms with van der Waals surface area (Å²) in [6.45, 7) is 0. The van der Waals surface area contributed by atoms with Crippen LogP contribution < -0.4 is 11.2 Å². The van der Waals surface area contributed by atoms with Gasteiger partial charge in [0.15, 0.2) is 0 Å². The molecule has 1 aromatic rings. The van der Waals surface area contributed by atoms with Gasteiger partial charge in [-0.2, -0.15) is 13.5 Å². The van der Waals surface area contributed by atoms with Crippen LogP contribution in [0.15, 0.2) is 34.3 Å². The number of hydrogen-bond donors (Lipinski definition) is 3. The second-order valence-electron chi connectivity index (χ2n) is 2.78. The van der Waals surface area contributed by atoms with E-state index in [2.05, 4.69) is 5.10 Å². The zero-order valence-corrected chi connectivity index (χ0v) is 8.81. The van der Waals surface area contributed by atoms with Crippen LogP contribution in [0.25, 0.3) is 0 Å². The molecule has 2 amide bonds. The van der Waals surface area contributed by atoms with Gasteiger partial charge in [-0.15, -0.1) is 0 Å². The number of carbonyl (C=O) groups is 1. The number of primary amides is 1. The van der Waals surface area contributed by atoms with Crippen molar-refractivity contribution in [1.29, 1.82) is 0 Å². The van der Waals surface area contributed by atoms with Gasteiger partial charge < -0.3 is 5.73 Å². The fourth-order valence-electron chi connectivity index (χ4n) is 0.896. The van der Waals surface area contributed by atoms with Crippen LogP contribution in [0.1, 0.15) is 5.56 Å². The van der Waals surface area contributed by atoms with Crippen molar-refractivity contribution >= 4 is 22.4 Å². The molecule has 0 unspecified atom stereocenters. The van der Waals surface area contributed by atoms with Crippen molar-refractivity contribution in [2.45, 2.75) is 4.90 Å². The molecule has 0 radical (unpaired) electrons. The quantitative estimate of drug-likeness (QED) is 0.391. The first kappa shape index (κ1) is 12.1. The largest absolute Gasteiger partial charge is 0.350 e. The average Bonchev–Trinajstić information content (AvgIpc) is 2.16. The molecule has 0 spiro atoms.